The summed E-state index contributed by atoms with van der Waals surface area (Å²) >= 11 is 5.91. The topological polar surface area (TPSA) is 47.5 Å². The molecule has 1 aromatic carbocycles. The van der Waals surface area contributed by atoms with Crippen molar-refractivity contribution in [3.63, 3.8) is 0 Å². The van der Waals surface area contributed by atoms with Crippen molar-refractivity contribution in [2.75, 3.05) is 33.4 Å². The Labute approximate surface area is 147 Å². The zero-order valence-corrected chi connectivity index (χ0v) is 14.6. The molecule has 0 radical (unpaired) electrons. The minimum atomic E-state index is 0.243. The van der Waals surface area contributed by atoms with Gasteiger partial charge in [-0.1, -0.05) is 11.6 Å². The van der Waals surface area contributed by atoms with Gasteiger partial charge in [-0.3, -0.25) is 4.90 Å². The monoisotopic (exact) mass is 347 g/mol. The summed E-state index contributed by atoms with van der Waals surface area (Å²) in [5.74, 6) is 0.718. The van der Waals surface area contributed by atoms with Gasteiger partial charge in [-0.2, -0.15) is 0 Å². The molecule has 3 rings (SSSR count). The number of morpholine rings is 1. The zero-order valence-electron chi connectivity index (χ0n) is 13.8. The smallest absolute Gasteiger partial charge is 0.159 e. The fraction of sp³-hybridized carbons (Fsp3) is 0.444. The zero-order chi connectivity index (χ0) is 16.8. The van der Waals surface area contributed by atoms with Gasteiger partial charge in [0.25, 0.3) is 0 Å². The Bertz CT molecular complexity index is 634. The van der Waals surface area contributed by atoms with Crippen LogP contribution in [0.2, 0.25) is 5.02 Å². The third-order valence-electron chi connectivity index (χ3n) is 4.08. The summed E-state index contributed by atoms with van der Waals surface area (Å²) in [6.07, 6.45) is 4.97. The number of halogens is 1. The van der Waals surface area contributed by atoms with Crippen LogP contribution in [-0.2, 0) is 16.0 Å². The molecule has 24 heavy (non-hydrogen) atoms. The van der Waals surface area contributed by atoms with E-state index in [-0.39, 0.29) is 6.10 Å². The fourth-order valence-corrected chi connectivity index (χ4v) is 2.92. The molecule has 1 atom stereocenters. The van der Waals surface area contributed by atoms with E-state index in [1.807, 2.05) is 36.7 Å². The van der Waals surface area contributed by atoms with E-state index in [4.69, 9.17) is 21.1 Å². The molecule has 128 valence electrons. The third kappa shape index (κ3) is 4.74. The van der Waals surface area contributed by atoms with Crippen molar-refractivity contribution in [1.82, 2.24) is 14.9 Å². The maximum atomic E-state index is 5.91. The van der Waals surface area contributed by atoms with Gasteiger partial charge in [-0.05, 0) is 30.7 Å². The van der Waals surface area contributed by atoms with Gasteiger partial charge in [0.2, 0.25) is 0 Å². The first-order valence-corrected chi connectivity index (χ1v) is 8.52. The van der Waals surface area contributed by atoms with Gasteiger partial charge in [0.05, 0.1) is 12.7 Å². The van der Waals surface area contributed by atoms with Gasteiger partial charge in [0, 0.05) is 61.9 Å². The first-order chi connectivity index (χ1) is 11.7. The molecular weight excluding hydrogens is 326 g/mol. The Morgan fingerprint density at radius 2 is 2.00 bits per heavy atom. The van der Waals surface area contributed by atoms with E-state index in [1.54, 1.807) is 7.11 Å². The van der Waals surface area contributed by atoms with Crippen molar-refractivity contribution in [3.05, 3.63) is 47.2 Å². The quantitative estimate of drug-likeness (QED) is 0.803. The van der Waals surface area contributed by atoms with Gasteiger partial charge >= 0.3 is 0 Å². The highest BCUT2D eigenvalue weighted by Gasteiger charge is 2.20. The van der Waals surface area contributed by atoms with Crippen LogP contribution in [0.25, 0.3) is 11.4 Å². The Kier molecular flexibility index (Phi) is 6.15. The van der Waals surface area contributed by atoms with Crippen molar-refractivity contribution in [1.29, 1.82) is 0 Å². The standard InChI is InChI=1S/C18H22ClN3O2/c1-23-8-6-17-13-22(7-9-24-17)12-14-10-20-18(21-11-14)15-2-4-16(19)5-3-15/h2-5,10-11,17H,6-9,12-13H2,1H3. The number of rotatable bonds is 6. The van der Waals surface area contributed by atoms with Crippen molar-refractivity contribution < 1.29 is 9.47 Å². The highest BCUT2D eigenvalue weighted by molar-refractivity contribution is 6.30. The second-order valence-corrected chi connectivity index (χ2v) is 6.37. The SMILES string of the molecule is COCCC1CN(Cc2cnc(-c3ccc(Cl)cc3)nc2)CCO1. The molecule has 6 heteroatoms. The van der Waals surface area contributed by atoms with Crippen molar-refractivity contribution in [2.45, 2.75) is 19.1 Å². The van der Waals surface area contributed by atoms with Gasteiger partial charge < -0.3 is 9.47 Å². The molecule has 5 nitrogen and oxygen atoms in total. The van der Waals surface area contributed by atoms with Gasteiger partial charge in [-0.25, -0.2) is 9.97 Å². The normalized spacial score (nSPS) is 18.7. The van der Waals surface area contributed by atoms with E-state index in [2.05, 4.69) is 14.9 Å². The largest absolute Gasteiger partial charge is 0.385 e. The first kappa shape index (κ1) is 17.3. The summed E-state index contributed by atoms with van der Waals surface area (Å²) in [6, 6.07) is 7.56. The maximum absolute atomic E-state index is 5.91. The van der Waals surface area contributed by atoms with Crippen LogP contribution in [0.15, 0.2) is 36.7 Å². The van der Waals surface area contributed by atoms with Crippen LogP contribution in [-0.4, -0.2) is 54.4 Å². The number of hydrogen-bond donors (Lipinski definition) is 0. The molecule has 0 bridgehead atoms. The Balaban J connectivity index is 1.58. The molecule has 1 unspecified atom stereocenters. The second kappa shape index (κ2) is 8.53. The molecule has 0 amide bonds. The minimum Gasteiger partial charge on any atom is -0.385 e. The van der Waals surface area contributed by atoms with Gasteiger partial charge in [0.15, 0.2) is 5.82 Å². The molecule has 1 saturated heterocycles. The Morgan fingerprint density at radius 3 is 2.71 bits per heavy atom. The molecule has 2 heterocycles. The number of aromatic nitrogens is 2. The van der Waals surface area contributed by atoms with Crippen LogP contribution in [0.3, 0.4) is 0 Å². The molecule has 1 fully saturated rings. The van der Waals surface area contributed by atoms with Crippen LogP contribution < -0.4 is 0 Å². The molecule has 1 aromatic heterocycles. The number of ether oxygens (including phenoxy) is 2. The van der Waals surface area contributed by atoms with Crippen LogP contribution in [0, 0.1) is 0 Å². The summed E-state index contributed by atoms with van der Waals surface area (Å²) in [6.45, 7) is 4.19. The van der Waals surface area contributed by atoms with Crippen LogP contribution in [0.1, 0.15) is 12.0 Å². The molecule has 0 aliphatic carbocycles. The van der Waals surface area contributed by atoms with Gasteiger partial charge in [0.1, 0.15) is 0 Å². The minimum absolute atomic E-state index is 0.243. The van der Waals surface area contributed by atoms with E-state index in [9.17, 15) is 0 Å². The summed E-state index contributed by atoms with van der Waals surface area (Å²) in [5.41, 5.74) is 2.08. The predicted molar refractivity (Wildman–Crippen MR) is 94.0 cm³/mol. The number of benzene rings is 1. The molecule has 1 aliphatic rings. The lowest BCUT2D eigenvalue weighted by Gasteiger charge is -2.32. The summed E-state index contributed by atoms with van der Waals surface area (Å²) in [4.78, 5) is 11.3. The molecule has 1 aliphatic heterocycles. The molecular formula is C18H22ClN3O2. The molecule has 0 spiro atoms. The van der Waals surface area contributed by atoms with E-state index in [0.717, 1.165) is 56.2 Å². The highest BCUT2D eigenvalue weighted by Crippen LogP contribution is 2.18. The van der Waals surface area contributed by atoms with Gasteiger partial charge in [-0.15, -0.1) is 0 Å². The third-order valence-corrected chi connectivity index (χ3v) is 4.33. The van der Waals surface area contributed by atoms with E-state index >= 15 is 0 Å². The molecule has 0 N–H and O–H groups in total. The highest BCUT2D eigenvalue weighted by atomic mass is 35.5. The van der Waals surface area contributed by atoms with E-state index < -0.39 is 0 Å². The average Bonchev–Trinajstić information content (AvgIpc) is 2.62. The average molecular weight is 348 g/mol. The van der Waals surface area contributed by atoms with Crippen LogP contribution in [0.4, 0.5) is 0 Å². The van der Waals surface area contributed by atoms with Crippen LogP contribution in [0.5, 0.6) is 0 Å². The van der Waals surface area contributed by atoms with Crippen LogP contribution >= 0.6 is 11.6 Å². The molecule has 2 aromatic rings. The number of methoxy groups -OCH3 is 1. The number of nitrogens with zero attached hydrogens (tertiary/aromatic N) is 3. The summed E-state index contributed by atoms with van der Waals surface area (Å²) in [5, 5.41) is 0.714. The van der Waals surface area contributed by atoms with E-state index in [0.29, 0.717) is 5.02 Å². The lowest BCUT2D eigenvalue weighted by atomic mass is 10.2. The van der Waals surface area contributed by atoms with E-state index in [1.165, 1.54) is 0 Å². The van der Waals surface area contributed by atoms with Crippen molar-refractivity contribution >= 4 is 11.6 Å². The second-order valence-electron chi connectivity index (χ2n) is 5.93. The molecule has 0 saturated carbocycles. The Hall–Kier alpha value is -1.53. The summed E-state index contributed by atoms with van der Waals surface area (Å²) in [7, 11) is 1.72. The predicted octanol–water partition coefficient (Wildman–Crippen LogP) is 3.03. The van der Waals surface area contributed by atoms with Crippen molar-refractivity contribution in [2.24, 2.45) is 0 Å². The lowest BCUT2D eigenvalue weighted by molar-refractivity contribution is -0.0433. The fourth-order valence-electron chi connectivity index (χ4n) is 2.79. The van der Waals surface area contributed by atoms with Crippen molar-refractivity contribution in [3.8, 4) is 11.4 Å². The Morgan fingerprint density at radius 1 is 1.25 bits per heavy atom. The number of hydrogen-bond acceptors (Lipinski definition) is 5. The first-order valence-electron chi connectivity index (χ1n) is 8.14. The summed E-state index contributed by atoms with van der Waals surface area (Å²) < 4.78 is 10.9. The lowest BCUT2D eigenvalue weighted by Crippen LogP contribution is -2.42. The maximum Gasteiger partial charge on any atom is 0.159 e.